The van der Waals surface area contributed by atoms with Crippen molar-refractivity contribution in [3.63, 3.8) is 0 Å². The van der Waals surface area contributed by atoms with Gasteiger partial charge in [0.2, 0.25) is 5.91 Å². The predicted molar refractivity (Wildman–Crippen MR) is 64.7 cm³/mol. The predicted octanol–water partition coefficient (Wildman–Crippen LogP) is 1.77. The van der Waals surface area contributed by atoms with Crippen LogP contribution in [0.2, 0.25) is 0 Å². The van der Waals surface area contributed by atoms with E-state index in [-0.39, 0.29) is 5.91 Å². The highest BCUT2D eigenvalue weighted by molar-refractivity contribution is 5.75. The molecule has 4 nitrogen and oxygen atoms in total. The SMILES string of the molecule is CCNC(=O)CCOc1cc(C#N)ccc1C. The molecule has 0 heterocycles. The number of carbonyl (C=O) groups excluding carboxylic acids is 1. The Labute approximate surface area is 101 Å². The number of carbonyl (C=O) groups is 1. The van der Waals surface area contributed by atoms with E-state index in [9.17, 15) is 4.79 Å². The Kier molecular flexibility index (Phi) is 5.02. The molecule has 0 bridgehead atoms. The Morgan fingerprint density at radius 2 is 2.29 bits per heavy atom. The second-order valence-electron chi connectivity index (χ2n) is 3.64. The molecule has 0 fully saturated rings. The van der Waals surface area contributed by atoms with Gasteiger partial charge in [-0.1, -0.05) is 6.07 Å². The lowest BCUT2D eigenvalue weighted by atomic mass is 10.1. The molecule has 1 N–H and O–H groups in total. The summed E-state index contributed by atoms with van der Waals surface area (Å²) in [5, 5.41) is 11.5. The zero-order valence-corrected chi connectivity index (χ0v) is 10.1. The quantitative estimate of drug-likeness (QED) is 0.841. The van der Waals surface area contributed by atoms with Gasteiger partial charge in [-0.2, -0.15) is 5.26 Å². The highest BCUT2D eigenvalue weighted by Gasteiger charge is 2.03. The maximum absolute atomic E-state index is 11.2. The van der Waals surface area contributed by atoms with Crippen molar-refractivity contribution in [2.75, 3.05) is 13.2 Å². The standard InChI is InChI=1S/C13H16N2O2/c1-3-15-13(16)6-7-17-12-8-11(9-14)5-4-10(12)2/h4-5,8H,3,6-7H2,1-2H3,(H,15,16). The molecule has 0 saturated carbocycles. The Hall–Kier alpha value is -2.02. The summed E-state index contributed by atoms with van der Waals surface area (Å²) < 4.78 is 5.48. The number of rotatable bonds is 5. The molecule has 0 atom stereocenters. The molecule has 17 heavy (non-hydrogen) atoms. The summed E-state index contributed by atoms with van der Waals surface area (Å²) in [6.07, 6.45) is 0.323. The summed E-state index contributed by atoms with van der Waals surface area (Å²) in [6.45, 7) is 4.73. The van der Waals surface area contributed by atoms with E-state index in [0.717, 1.165) is 5.56 Å². The van der Waals surface area contributed by atoms with Crippen LogP contribution in [0.1, 0.15) is 24.5 Å². The lowest BCUT2D eigenvalue weighted by Gasteiger charge is -2.09. The van der Waals surface area contributed by atoms with E-state index >= 15 is 0 Å². The lowest BCUT2D eigenvalue weighted by molar-refractivity contribution is -0.121. The highest BCUT2D eigenvalue weighted by atomic mass is 16.5. The average molecular weight is 232 g/mol. The van der Waals surface area contributed by atoms with Gasteiger partial charge in [-0.05, 0) is 31.5 Å². The Morgan fingerprint density at radius 3 is 2.94 bits per heavy atom. The molecular formula is C13H16N2O2. The number of ether oxygens (including phenoxy) is 1. The van der Waals surface area contributed by atoms with Gasteiger partial charge in [0.25, 0.3) is 0 Å². The second kappa shape index (κ2) is 6.54. The largest absolute Gasteiger partial charge is 0.493 e. The molecule has 1 aromatic rings. The van der Waals surface area contributed by atoms with E-state index < -0.39 is 0 Å². The minimum absolute atomic E-state index is 0.0263. The van der Waals surface area contributed by atoms with E-state index in [2.05, 4.69) is 11.4 Å². The summed E-state index contributed by atoms with van der Waals surface area (Å²) in [6, 6.07) is 7.32. The fourth-order valence-corrected chi connectivity index (χ4v) is 1.36. The number of aryl methyl sites for hydroxylation is 1. The maximum Gasteiger partial charge on any atom is 0.223 e. The van der Waals surface area contributed by atoms with Crippen molar-refractivity contribution in [1.82, 2.24) is 5.32 Å². The van der Waals surface area contributed by atoms with Crippen LogP contribution in [0.4, 0.5) is 0 Å². The van der Waals surface area contributed by atoms with Crippen molar-refractivity contribution in [3.8, 4) is 11.8 Å². The van der Waals surface area contributed by atoms with Crippen LogP contribution in [0.5, 0.6) is 5.75 Å². The zero-order chi connectivity index (χ0) is 12.7. The molecule has 0 aliphatic rings. The van der Waals surface area contributed by atoms with Crippen molar-refractivity contribution in [2.24, 2.45) is 0 Å². The van der Waals surface area contributed by atoms with Gasteiger partial charge in [0.15, 0.2) is 0 Å². The number of nitrogens with zero attached hydrogens (tertiary/aromatic N) is 1. The zero-order valence-electron chi connectivity index (χ0n) is 10.1. The van der Waals surface area contributed by atoms with Crippen LogP contribution in [0.25, 0.3) is 0 Å². The summed E-state index contributed by atoms with van der Waals surface area (Å²) in [5.41, 5.74) is 1.52. The lowest BCUT2D eigenvalue weighted by Crippen LogP contribution is -2.24. The monoisotopic (exact) mass is 232 g/mol. The van der Waals surface area contributed by atoms with E-state index in [0.29, 0.717) is 30.9 Å². The van der Waals surface area contributed by atoms with Crippen LogP contribution >= 0.6 is 0 Å². The normalized spacial score (nSPS) is 9.47. The summed E-state index contributed by atoms with van der Waals surface area (Å²) in [7, 11) is 0. The fraction of sp³-hybridized carbons (Fsp3) is 0.385. The first kappa shape index (κ1) is 13.0. The first-order chi connectivity index (χ1) is 8.17. The molecule has 1 rings (SSSR count). The molecule has 0 aliphatic carbocycles. The van der Waals surface area contributed by atoms with Gasteiger partial charge >= 0.3 is 0 Å². The molecule has 0 spiro atoms. The number of nitriles is 1. The van der Waals surface area contributed by atoms with Crippen LogP contribution in [-0.4, -0.2) is 19.1 Å². The number of hydrogen-bond acceptors (Lipinski definition) is 3. The third kappa shape index (κ3) is 4.15. The average Bonchev–Trinajstić information content (AvgIpc) is 2.32. The minimum atomic E-state index is -0.0263. The van der Waals surface area contributed by atoms with Gasteiger partial charge in [-0.3, -0.25) is 4.79 Å². The van der Waals surface area contributed by atoms with E-state index in [1.54, 1.807) is 12.1 Å². The maximum atomic E-state index is 11.2. The van der Waals surface area contributed by atoms with Gasteiger partial charge in [0, 0.05) is 6.54 Å². The van der Waals surface area contributed by atoms with Crippen molar-refractivity contribution in [2.45, 2.75) is 20.3 Å². The highest BCUT2D eigenvalue weighted by Crippen LogP contribution is 2.19. The van der Waals surface area contributed by atoms with Crippen LogP contribution in [0, 0.1) is 18.3 Å². The first-order valence-corrected chi connectivity index (χ1v) is 5.57. The summed E-state index contributed by atoms with van der Waals surface area (Å²) in [5.74, 6) is 0.634. The van der Waals surface area contributed by atoms with Gasteiger partial charge in [0.05, 0.1) is 24.7 Å². The Morgan fingerprint density at radius 1 is 1.53 bits per heavy atom. The van der Waals surface area contributed by atoms with Gasteiger partial charge < -0.3 is 10.1 Å². The van der Waals surface area contributed by atoms with E-state index in [4.69, 9.17) is 10.00 Å². The number of nitrogens with one attached hydrogen (secondary N) is 1. The second-order valence-corrected chi connectivity index (χ2v) is 3.64. The third-order valence-corrected chi connectivity index (χ3v) is 2.28. The molecular weight excluding hydrogens is 216 g/mol. The third-order valence-electron chi connectivity index (χ3n) is 2.28. The van der Waals surface area contributed by atoms with E-state index in [1.165, 1.54) is 0 Å². The van der Waals surface area contributed by atoms with Crippen LogP contribution in [-0.2, 0) is 4.79 Å². The van der Waals surface area contributed by atoms with Crippen molar-refractivity contribution < 1.29 is 9.53 Å². The van der Waals surface area contributed by atoms with Crippen molar-refractivity contribution >= 4 is 5.91 Å². The van der Waals surface area contributed by atoms with Gasteiger partial charge in [-0.25, -0.2) is 0 Å². The van der Waals surface area contributed by atoms with Crippen molar-refractivity contribution in [3.05, 3.63) is 29.3 Å². The number of benzene rings is 1. The number of amides is 1. The van der Waals surface area contributed by atoms with Gasteiger partial charge in [0.1, 0.15) is 5.75 Å². The topological polar surface area (TPSA) is 62.1 Å². The molecule has 1 amide bonds. The van der Waals surface area contributed by atoms with Crippen LogP contribution in [0.3, 0.4) is 0 Å². The molecule has 0 aromatic heterocycles. The first-order valence-electron chi connectivity index (χ1n) is 5.57. The molecule has 1 aromatic carbocycles. The van der Waals surface area contributed by atoms with Crippen molar-refractivity contribution in [1.29, 1.82) is 5.26 Å². The Balaban J connectivity index is 2.52. The fourth-order valence-electron chi connectivity index (χ4n) is 1.36. The van der Waals surface area contributed by atoms with Gasteiger partial charge in [-0.15, -0.1) is 0 Å². The molecule has 0 unspecified atom stereocenters. The summed E-state index contributed by atoms with van der Waals surface area (Å²) >= 11 is 0. The van der Waals surface area contributed by atoms with Crippen LogP contribution in [0.15, 0.2) is 18.2 Å². The molecule has 0 radical (unpaired) electrons. The smallest absolute Gasteiger partial charge is 0.223 e. The molecule has 90 valence electrons. The van der Waals surface area contributed by atoms with Crippen LogP contribution < -0.4 is 10.1 Å². The Bertz CT molecular complexity index is 436. The minimum Gasteiger partial charge on any atom is -0.493 e. The molecule has 0 saturated heterocycles. The van der Waals surface area contributed by atoms with E-state index in [1.807, 2.05) is 19.9 Å². The molecule has 4 heteroatoms. The number of hydrogen-bond donors (Lipinski definition) is 1. The summed E-state index contributed by atoms with van der Waals surface area (Å²) in [4.78, 5) is 11.2. The molecule has 0 aliphatic heterocycles.